The molecule has 1 fully saturated rings. The van der Waals surface area contributed by atoms with Crippen LogP contribution >= 0.6 is 12.2 Å². The molecule has 0 bridgehead atoms. The highest BCUT2D eigenvalue weighted by molar-refractivity contribution is 7.80. The van der Waals surface area contributed by atoms with Crippen molar-refractivity contribution in [2.45, 2.75) is 6.42 Å². The highest BCUT2D eigenvalue weighted by Crippen LogP contribution is 2.37. The third-order valence-electron chi connectivity index (χ3n) is 4.71. The molecule has 1 aromatic heterocycles. The molecule has 0 amide bonds. The predicted octanol–water partition coefficient (Wildman–Crippen LogP) is 1.85. The number of nitrogens with one attached hydrogen (secondary N) is 1. The number of rotatable bonds is 1. The van der Waals surface area contributed by atoms with Gasteiger partial charge in [0.05, 0.1) is 11.1 Å². The highest BCUT2D eigenvalue weighted by atomic mass is 32.1. The molecule has 0 radical (unpaired) electrons. The summed E-state index contributed by atoms with van der Waals surface area (Å²) >= 11 is 5.35. The number of pyridine rings is 1. The first kappa shape index (κ1) is 16.7. The Morgan fingerprint density at radius 3 is 2.77 bits per heavy atom. The molecule has 0 aliphatic carbocycles. The number of nitrogens with zero attached hydrogens (tertiary/aromatic N) is 4. The lowest BCUT2D eigenvalue weighted by Crippen LogP contribution is -2.40. The van der Waals surface area contributed by atoms with Crippen LogP contribution in [0.1, 0.15) is 12.0 Å². The SMILES string of the molecule is CNC(=S)N1CCCN(c2nc3cc4c(cc3cc2C#N)OCO4)CC1. The maximum atomic E-state index is 9.64. The van der Waals surface area contributed by atoms with Crippen molar-refractivity contribution in [1.82, 2.24) is 15.2 Å². The quantitative estimate of drug-likeness (QED) is 0.764. The number of benzene rings is 1. The molecule has 0 unspecified atom stereocenters. The molecule has 2 aromatic rings. The number of aromatic nitrogens is 1. The van der Waals surface area contributed by atoms with E-state index < -0.39 is 0 Å². The van der Waals surface area contributed by atoms with Crippen LogP contribution in [0.25, 0.3) is 10.9 Å². The summed E-state index contributed by atoms with van der Waals surface area (Å²) < 4.78 is 10.9. The maximum absolute atomic E-state index is 9.64. The van der Waals surface area contributed by atoms with Gasteiger partial charge in [0.1, 0.15) is 11.9 Å². The summed E-state index contributed by atoms with van der Waals surface area (Å²) in [6, 6.07) is 7.92. The van der Waals surface area contributed by atoms with E-state index in [2.05, 4.69) is 21.2 Å². The fourth-order valence-corrected chi connectivity index (χ4v) is 3.55. The molecule has 7 nitrogen and oxygen atoms in total. The van der Waals surface area contributed by atoms with Gasteiger partial charge in [-0.15, -0.1) is 0 Å². The summed E-state index contributed by atoms with van der Waals surface area (Å²) in [7, 11) is 1.84. The van der Waals surface area contributed by atoms with Crippen LogP contribution in [0, 0.1) is 11.3 Å². The summed E-state index contributed by atoms with van der Waals surface area (Å²) in [5.74, 6) is 2.11. The van der Waals surface area contributed by atoms with Gasteiger partial charge in [-0.3, -0.25) is 0 Å². The van der Waals surface area contributed by atoms with Gasteiger partial charge in [-0.1, -0.05) is 0 Å². The minimum absolute atomic E-state index is 0.219. The summed E-state index contributed by atoms with van der Waals surface area (Å²) in [5.41, 5.74) is 1.37. The molecule has 0 atom stereocenters. The third kappa shape index (κ3) is 2.95. The van der Waals surface area contributed by atoms with Crippen LogP contribution in [-0.4, -0.2) is 55.0 Å². The number of hydrogen-bond acceptors (Lipinski definition) is 6. The zero-order chi connectivity index (χ0) is 18.1. The fourth-order valence-electron chi connectivity index (χ4n) is 3.37. The Morgan fingerprint density at radius 1 is 1.19 bits per heavy atom. The summed E-state index contributed by atoms with van der Waals surface area (Å²) in [6.07, 6.45) is 0.952. The molecule has 0 spiro atoms. The number of nitriles is 1. The van der Waals surface area contributed by atoms with E-state index >= 15 is 0 Å². The van der Waals surface area contributed by atoms with Gasteiger partial charge in [0.2, 0.25) is 6.79 Å². The van der Waals surface area contributed by atoms with Crippen molar-refractivity contribution >= 4 is 34.1 Å². The molecule has 26 heavy (non-hydrogen) atoms. The van der Waals surface area contributed by atoms with Gasteiger partial charge in [0, 0.05) is 44.7 Å². The van der Waals surface area contributed by atoms with Crippen molar-refractivity contribution in [3.63, 3.8) is 0 Å². The van der Waals surface area contributed by atoms with Gasteiger partial charge in [0.15, 0.2) is 16.6 Å². The monoisotopic (exact) mass is 369 g/mol. The van der Waals surface area contributed by atoms with E-state index in [1.54, 1.807) is 0 Å². The summed E-state index contributed by atoms with van der Waals surface area (Å²) in [4.78, 5) is 9.10. The topological polar surface area (TPSA) is 73.7 Å². The number of hydrogen-bond donors (Lipinski definition) is 1. The molecule has 134 valence electrons. The van der Waals surface area contributed by atoms with E-state index in [9.17, 15) is 5.26 Å². The van der Waals surface area contributed by atoms with Crippen molar-refractivity contribution in [1.29, 1.82) is 5.26 Å². The van der Waals surface area contributed by atoms with E-state index in [-0.39, 0.29) is 6.79 Å². The Labute approximate surface area is 157 Å². The first-order chi connectivity index (χ1) is 12.7. The van der Waals surface area contributed by atoms with E-state index in [0.717, 1.165) is 54.4 Å². The molecule has 4 rings (SSSR count). The van der Waals surface area contributed by atoms with Crippen LogP contribution < -0.4 is 19.7 Å². The van der Waals surface area contributed by atoms with Crippen LogP contribution in [0.3, 0.4) is 0 Å². The molecular formula is C18H19N5O2S. The maximum Gasteiger partial charge on any atom is 0.231 e. The molecule has 1 N–H and O–H groups in total. The first-order valence-electron chi connectivity index (χ1n) is 8.55. The Balaban J connectivity index is 1.68. The van der Waals surface area contributed by atoms with Crippen LogP contribution in [-0.2, 0) is 0 Å². The van der Waals surface area contributed by atoms with Crippen molar-refractivity contribution in [3.8, 4) is 17.6 Å². The first-order valence-corrected chi connectivity index (χ1v) is 8.96. The highest BCUT2D eigenvalue weighted by Gasteiger charge is 2.22. The minimum atomic E-state index is 0.219. The summed E-state index contributed by atoms with van der Waals surface area (Å²) in [6.45, 7) is 3.51. The minimum Gasteiger partial charge on any atom is -0.454 e. The van der Waals surface area contributed by atoms with Gasteiger partial charge in [-0.2, -0.15) is 5.26 Å². The van der Waals surface area contributed by atoms with Crippen molar-refractivity contribution in [3.05, 3.63) is 23.8 Å². The van der Waals surface area contributed by atoms with Crippen LogP contribution in [0.4, 0.5) is 5.82 Å². The van der Waals surface area contributed by atoms with Gasteiger partial charge in [-0.05, 0) is 30.8 Å². The number of ether oxygens (including phenoxy) is 2. The molecule has 2 aliphatic heterocycles. The predicted molar refractivity (Wildman–Crippen MR) is 103 cm³/mol. The van der Waals surface area contributed by atoms with Crippen molar-refractivity contribution in [2.24, 2.45) is 0 Å². The van der Waals surface area contributed by atoms with Crippen LogP contribution in [0.15, 0.2) is 18.2 Å². The average Bonchev–Trinajstić information content (AvgIpc) is 2.97. The lowest BCUT2D eigenvalue weighted by atomic mass is 10.1. The largest absolute Gasteiger partial charge is 0.454 e. The molecule has 0 saturated carbocycles. The van der Waals surface area contributed by atoms with Gasteiger partial charge in [0.25, 0.3) is 0 Å². The zero-order valence-electron chi connectivity index (χ0n) is 14.5. The van der Waals surface area contributed by atoms with Crippen molar-refractivity contribution in [2.75, 3.05) is 44.9 Å². The second-order valence-corrected chi connectivity index (χ2v) is 6.64. The standard InChI is InChI=1S/C18H19N5O2S/c1-20-18(26)23-4-2-3-22(5-6-23)17-13(10-19)7-12-8-15-16(25-11-24-15)9-14(12)21-17/h7-9H,2-6,11H2,1H3,(H,20,26). The van der Waals surface area contributed by atoms with Gasteiger partial charge < -0.3 is 24.6 Å². The number of fused-ring (bicyclic) bond motifs is 2. The second-order valence-electron chi connectivity index (χ2n) is 6.25. The zero-order valence-corrected chi connectivity index (χ0v) is 15.3. The molecule has 1 saturated heterocycles. The van der Waals surface area contributed by atoms with E-state index in [1.807, 2.05) is 25.2 Å². The van der Waals surface area contributed by atoms with E-state index in [1.165, 1.54) is 0 Å². The number of anilines is 1. The normalized spacial score (nSPS) is 16.3. The Morgan fingerprint density at radius 2 is 2.00 bits per heavy atom. The van der Waals surface area contributed by atoms with Crippen LogP contribution in [0.2, 0.25) is 0 Å². The van der Waals surface area contributed by atoms with Gasteiger partial charge >= 0.3 is 0 Å². The molecule has 2 aliphatic rings. The smallest absolute Gasteiger partial charge is 0.231 e. The second kappa shape index (κ2) is 6.84. The molecular weight excluding hydrogens is 350 g/mol. The van der Waals surface area contributed by atoms with Gasteiger partial charge in [-0.25, -0.2) is 4.98 Å². The number of thiocarbonyl (C=S) groups is 1. The lowest BCUT2D eigenvalue weighted by molar-refractivity contribution is 0.174. The fraction of sp³-hybridized carbons (Fsp3) is 0.389. The molecule has 8 heteroatoms. The lowest BCUT2D eigenvalue weighted by Gasteiger charge is -2.24. The Kier molecular flexibility index (Phi) is 4.39. The Bertz CT molecular complexity index is 911. The Hall–Kier alpha value is -2.79. The third-order valence-corrected chi connectivity index (χ3v) is 5.17. The summed E-state index contributed by atoms with van der Waals surface area (Å²) in [5, 5.41) is 14.3. The van der Waals surface area contributed by atoms with E-state index in [0.29, 0.717) is 17.1 Å². The van der Waals surface area contributed by atoms with Crippen LogP contribution in [0.5, 0.6) is 11.5 Å². The van der Waals surface area contributed by atoms with Crippen molar-refractivity contribution < 1.29 is 9.47 Å². The average molecular weight is 369 g/mol. The molecule has 1 aromatic carbocycles. The van der Waals surface area contributed by atoms with E-state index in [4.69, 9.17) is 26.7 Å². The molecule has 3 heterocycles.